The molecule has 4 nitrogen and oxygen atoms in total. The first-order chi connectivity index (χ1) is 42.3. The highest BCUT2D eigenvalue weighted by atomic mass is 16.5. The van der Waals surface area contributed by atoms with Gasteiger partial charge in [0.25, 0.3) is 0 Å². The van der Waals surface area contributed by atoms with Gasteiger partial charge in [-0.1, -0.05) is 305 Å². The highest BCUT2D eigenvalue weighted by Gasteiger charge is 2.44. The monoisotopic (exact) mass is 1150 g/mol. The van der Waals surface area contributed by atoms with Gasteiger partial charge >= 0.3 is 0 Å². The molecule has 2 aliphatic rings. The number of hydrogen-bond acceptors (Lipinski definition) is 4. The van der Waals surface area contributed by atoms with Crippen molar-refractivity contribution in [3.63, 3.8) is 0 Å². The van der Waals surface area contributed by atoms with Crippen molar-refractivity contribution in [1.29, 1.82) is 0 Å². The number of hydrogen-bond donors (Lipinski definition) is 0. The number of fused-ring (bicyclic) bond motifs is 6. The molecule has 460 valence electrons. The van der Waals surface area contributed by atoms with Gasteiger partial charge in [-0.05, 0) is 155 Å². The van der Waals surface area contributed by atoms with E-state index in [4.69, 9.17) is 19.4 Å². The minimum Gasteiger partial charge on any atom is -0.494 e. The van der Waals surface area contributed by atoms with Crippen molar-refractivity contribution in [3.8, 4) is 73.2 Å². The molecule has 4 heteroatoms. The maximum Gasteiger partial charge on any atom is 0.248 e. The summed E-state index contributed by atoms with van der Waals surface area (Å²) in [6.45, 7) is 16.9. The second-order valence-electron chi connectivity index (χ2n) is 26.7. The molecule has 9 rings (SSSR count). The van der Waals surface area contributed by atoms with Crippen LogP contribution in [-0.4, -0.2) is 16.8 Å². The van der Waals surface area contributed by atoms with Crippen molar-refractivity contribution >= 4 is 0 Å². The average Bonchev–Trinajstić information content (AvgIpc) is 1.61. The van der Waals surface area contributed by atoms with Gasteiger partial charge in [0.15, 0.2) is 0 Å². The Morgan fingerprint density at radius 3 is 1.09 bits per heavy atom. The van der Waals surface area contributed by atoms with Crippen molar-refractivity contribution in [3.05, 3.63) is 149 Å². The van der Waals surface area contributed by atoms with E-state index in [1.807, 2.05) is 0 Å². The van der Waals surface area contributed by atoms with E-state index in [1.165, 1.54) is 273 Å². The largest absolute Gasteiger partial charge is 0.494 e. The SMILES string of the molecule is CCCCCCCCOc1ccc(-c2nnc(-c3cc(-c4ccc5c(c4)C(CCCCCCCC)(CCCCCCCC)c4cc(C)ccc4-5)ccc3-c3ccc4c(c3)C(CCCCCCCC)(CCCCCCCC)c3cc(C)ccc3-4)o2)cc1. The van der Waals surface area contributed by atoms with E-state index < -0.39 is 0 Å². The van der Waals surface area contributed by atoms with Gasteiger partial charge in [-0.2, -0.15) is 0 Å². The van der Waals surface area contributed by atoms with Gasteiger partial charge in [0.1, 0.15) is 5.75 Å². The first kappa shape index (κ1) is 64.7. The summed E-state index contributed by atoms with van der Waals surface area (Å²) in [5, 5.41) is 9.79. The Morgan fingerprint density at radius 2 is 0.640 bits per heavy atom. The fraction of sp³-hybridized carbons (Fsp3) is 0.537. The summed E-state index contributed by atoms with van der Waals surface area (Å²) in [5.74, 6) is 1.95. The molecule has 0 bridgehead atoms. The van der Waals surface area contributed by atoms with Crippen LogP contribution in [0.1, 0.15) is 286 Å². The summed E-state index contributed by atoms with van der Waals surface area (Å²) in [6.07, 6.45) is 43.6. The Balaban J connectivity index is 1.13. The zero-order valence-corrected chi connectivity index (χ0v) is 54.9. The third-order valence-corrected chi connectivity index (χ3v) is 20.0. The molecular formula is C82H110N2O2. The van der Waals surface area contributed by atoms with Gasteiger partial charge in [0.05, 0.1) is 6.61 Å². The number of unbranched alkanes of at least 4 members (excludes halogenated alkanes) is 25. The Hall–Kier alpha value is -5.74. The lowest BCUT2D eigenvalue weighted by atomic mass is 9.70. The fourth-order valence-electron chi connectivity index (χ4n) is 15.1. The molecule has 0 aliphatic heterocycles. The Kier molecular flexibility index (Phi) is 24.8. The van der Waals surface area contributed by atoms with Crippen LogP contribution in [0.25, 0.3) is 67.4 Å². The zero-order valence-electron chi connectivity index (χ0n) is 54.9. The highest BCUT2D eigenvalue weighted by Crippen LogP contribution is 2.57. The van der Waals surface area contributed by atoms with Crippen LogP contribution in [0.5, 0.6) is 5.75 Å². The minimum atomic E-state index is -0.0392. The first-order valence-corrected chi connectivity index (χ1v) is 35.5. The molecule has 0 fully saturated rings. The summed E-state index contributed by atoms with van der Waals surface area (Å²) < 4.78 is 13.2. The van der Waals surface area contributed by atoms with Crippen LogP contribution in [0.15, 0.2) is 120 Å². The molecule has 0 saturated heterocycles. The van der Waals surface area contributed by atoms with Gasteiger partial charge in [0, 0.05) is 22.0 Å². The van der Waals surface area contributed by atoms with Crippen molar-refractivity contribution in [2.24, 2.45) is 0 Å². The molecule has 1 aromatic heterocycles. The average molecular weight is 1160 g/mol. The van der Waals surface area contributed by atoms with Crippen molar-refractivity contribution in [2.45, 2.75) is 278 Å². The molecule has 0 atom stereocenters. The Bertz CT molecular complexity index is 3140. The van der Waals surface area contributed by atoms with Crippen LogP contribution in [0, 0.1) is 13.8 Å². The predicted molar refractivity (Wildman–Crippen MR) is 369 cm³/mol. The molecule has 0 saturated carbocycles. The van der Waals surface area contributed by atoms with Gasteiger partial charge in [-0.3, -0.25) is 0 Å². The van der Waals surface area contributed by atoms with Crippen LogP contribution in [0.2, 0.25) is 0 Å². The smallest absolute Gasteiger partial charge is 0.248 e. The third-order valence-electron chi connectivity index (χ3n) is 20.0. The van der Waals surface area contributed by atoms with Crippen LogP contribution in [0.3, 0.4) is 0 Å². The quantitative estimate of drug-likeness (QED) is 0.0359. The zero-order chi connectivity index (χ0) is 60.0. The number of aromatic nitrogens is 2. The first-order valence-electron chi connectivity index (χ1n) is 35.5. The number of ether oxygens (including phenoxy) is 1. The fourth-order valence-corrected chi connectivity index (χ4v) is 15.1. The molecule has 2 aliphatic carbocycles. The number of nitrogens with zero attached hydrogens (tertiary/aromatic N) is 2. The molecular weight excluding hydrogens is 1040 g/mol. The van der Waals surface area contributed by atoms with E-state index in [1.54, 1.807) is 11.1 Å². The topological polar surface area (TPSA) is 48.2 Å². The molecule has 0 spiro atoms. The maximum atomic E-state index is 6.93. The molecule has 1 heterocycles. The second-order valence-corrected chi connectivity index (χ2v) is 26.7. The number of benzene rings is 6. The van der Waals surface area contributed by atoms with Gasteiger partial charge in [-0.15, -0.1) is 10.2 Å². The maximum absolute atomic E-state index is 6.93. The molecule has 0 N–H and O–H groups in total. The molecule has 0 radical (unpaired) electrons. The van der Waals surface area contributed by atoms with E-state index >= 15 is 0 Å². The third kappa shape index (κ3) is 15.9. The van der Waals surface area contributed by atoms with Gasteiger partial charge < -0.3 is 9.15 Å². The summed E-state index contributed by atoms with van der Waals surface area (Å²) in [6, 6.07) is 45.0. The minimum absolute atomic E-state index is 0.0146. The van der Waals surface area contributed by atoms with Crippen LogP contribution >= 0.6 is 0 Å². The lowest BCUT2D eigenvalue weighted by Crippen LogP contribution is -2.25. The standard InChI is InChI=1S/C82H110N2O2/c1-8-13-18-23-28-33-52-81(53-34-29-24-19-14-9-2)75-57-62(6)38-47-70(75)72-50-43-66(60-77(72)81)65-42-49-69(74(59-65)80-84-83-79(86-80)64-40-45-68(46-41-64)85-56-37-32-27-22-17-12-5)67-44-51-73-71-48-39-63(7)58-76(71)82(78(73)61-67,54-35-30-25-20-15-10-3)55-36-31-26-21-16-11-4/h38-51,57-61H,8-37,52-56H2,1-7H3. The summed E-state index contributed by atoms with van der Waals surface area (Å²) in [4.78, 5) is 0. The lowest BCUT2D eigenvalue weighted by molar-refractivity contribution is 0.304. The molecule has 0 unspecified atom stereocenters. The van der Waals surface area contributed by atoms with Gasteiger partial charge in [0.2, 0.25) is 11.8 Å². The normalized spacial score (nSPS) is 13.5. The van der Waals surface area contributed by atoms with Crippen molar-refractivity contribution in [2.75, 3.05) is 6.61 Å². The molecule has 0 amide bonds. The number of rotatable bonds is 40. The van der Waals surface area contributed by atoms with Crippen LogP contribution in [0.4, 0.5) is 0 Å². The Labute approximate surface area is 522 Å². The highest BCUT2D eigenvalue weighted by molar-refractivity contribution is 5.90. The second kappa shape index (κ2) is 33.0. The summed E-state index contributed by atoms with van der Waals surface area (Å²) in [5.41, 5.74) is 21.2. The van der Waals surface area contributed by atoms with E-state index in [2.05, 4.69) is 164 Å². The van der Waals surface area contributed by atoms with E-state index in [0.717, 1.165) is 35.5 Å². The predicted octanol–water partition coefficient (Wildman–Crippen LogP) is 25.6. The van der Waals surface area contributed by atoms with E-state index in [9.17, 15) is 0 Å². The molecule has 86 heavy (non-hydrogen) atoms. The van der Waals surface area contributed by atoms with E-state index in [-0.39, 0.29) is 10.8 Å². The number of aryl methyl sites for hydroxylation is 2. The summed E-state index contributed by atoms with van der Waals surface area (Å²) >= 11 is 0. The van der Waals surface area contributed by atoms with E-state index in [0.29, 0.717) is 11.8 Å². The summed E-state index contributed by atoms with van der Waals surface area (Å²) in [7, 11) is 0. The lowest BCUT2D eigenvalue weighted by Gasteiger charge is -2.33. The van der Waals surface area contributed by atoms with Crippen LogP contribution in [-0.2, 0) is 10.8 Å². The molecule has 7 aromatic rings. The molecule has 6 aromatic carbocycles. The Morgan fingerprint density at radius 1 is 0.302 bits per heavy atom. The van der Waals surface area contributed by atoms with Gasteiger partial charge in [-0.25, -0.2) is 0 Å². The van der Waals surface area contributed by atoms with Crippen molar-refractivity contribution in [1.82, 2.24) is 10.2 Å². The van der Waals surface area contributed by atoms with Crippen molar-refractivity contribution < 1.29 is 9.15 Å². The van der Waals surface area contributed by atoms with Crippen LogP contribution < -0.4 is 4.74 Å².